The maximum absolute atomic E-state index is 12.9. The maximum Gasteiger partial charge on any atom is 0.259 e. The van der Waals surface area contributed by atoms with Gasteiger partial charge in [-0.2, -0.15) is 0 Å². The van der Waals surface area contributed by atoms with Crippen LogP contribution in [0, 0.1) is 6.92 Å². The summed E-state index contributed by atoms with van der Waals surface area (Å²) in [5.74, 6) is 1.39. The Morgan fingerprint density at radius 1 is 1.12 bits per heavy atom. The quantitative estimate of drug-likeness (QED) is 0.523. The molecule has 0 atom stereocenters. The summed E-state index contributed by atoms with van der Waals surface area (Å²) in [5, 5.41) is 4.10. The van der Waals surface area contributed by atoms with Gasteiger partial charge in [0.1, 0.15) is 11.5 Å². The highest BCUT2D eigenvalue weighted by Gasteiger charge is 2.30. The molecular weight excluding hydrogens is 332 g/mol. The lowest BCUT2D eigenvalue weighted by molar-refractivity contribution is 0.0991. The summed E-state index contributed by atoms with van der Waals surface area (Å²) in [5.41, 5.74) is 2.49. The van der Waals surface area contributed by atoms with Gasteiger partial charge in [-0.1, -0.05) is 30.3 Å². The number of amides is 1. The molecule has 0 saturated heterocycles. The lowest BCUT2D eigenvalue weighted by atomic mass is 10.1. The first kappa shape index (κ1) is 14.4. The van der Waals surface area contributed by atoms with Crippen molar-refractivity contribution in [2.45, 2.75) is 13.5 Å². The molecule has 122 valence electrons. The molecule has 2 aromatic carbocycles. The van der Waals surface area contributed by atoms with Crippen LogP contribution in [0.4, 0.5) is 5.69 Å². The number of hydrogen-bond donors (Lipinski definition) is 0. The zero-order valence-corrected chi connectivity index (χ0v) is 14.3. The highest BCUT2D eigenvalue weighted by Crippen LogP contribution is 2.38. The van der Waals surface area contributed by atoms with Crippen LogP contribution in [-0.2, 0) is 6.54 Å². The number of oxazole rings is 1. The van der Waals surface area contributed by atoms with Crippen LogP contribution in [0.1, 0.15) is 21.8 Å². The van der Waals surface area contributed by atoms with E-state index in [0.29, 0.717) is 12.4 Å². The first-order chi connectivity index (χ1) is 12.2. The predicted octanol–water partition coefficient (Wildman–Crippen LogP) is 5.03. The molecular formula is C20H14N2O2S. The Labute approximate surface area is 148 Å². The second-order valence-electron chi connectivity index (χ2n) is 6.07. The molecule has 25 heavy (non-hydrogen) atoms. The monoisotopic (exact) mass is 346 g/mol. The fraction of sp³-hybridized carbons (Fsp3) is 0.100. The number of aryl methyl sites for hydroxylation is 1. The first-order valence-corrected chi connectivity index (χ1v) is 8.94. The van der Waals surface area contributed by atoms with Crippen molar-refractivity contribution < 1.29 is 9.21 Å². The Kier molecular flexibility index (Phi) is 3.05. The van der Waals surface area contributed by atoms with Gasteiger partial charge in [-0.05, 0) is 35.9 Å². The van der Waals surface area contributed by atoms with Gasteiger partial charge in [0.2, 0.25) is 5.89 Å². The third kappa shape index (κ3) is 2.13. The highest BCUT2D eigenvalue weighted by molar-refractivity contribution is 7.13. The van der Waals surface area contributed by atoms with Gasteiger partial charge in [-0.15, -0.1) is 11.3 Å². The molecule has 2 aromatic heterocycles. The number of thiophene rings is 1. The summed E-state index contributed by atoms with van der Waals surface area (Å²) in [7, 11) is 0. The minimum absolute atomic E-state index is 0.0203. The number of benzene rings is 2. The number of aromatic nitrogens is 1. The standard InChI is InChI=1S/C20H14N2O2S/c1-12-15(21-19(24-12)17-9-4-10-25-17)11-22-16-8-3-6-13-5-2-7-14(18(13)16)20(22)23/h2-10H,11H2,1H3. The zero-order valence-electron chi connectivity index (χ0n) is 13.5. The van der Waals surface area contributed by atoms with Gasteiger partial charge in [0.25, 0.3) is 5.91 Å². The van der Waals surface area contributed by atoms with Crippen molar-refractivity contribution in [1.82, 2.24) is 4.98 Å². The molecule has 4 aromatic rings. The van der Waals surface area contributed by atoms with E-state index in [0.717, 1.165) is 38.4 Å². The summed E-state index contributed by atoms with van der Waals surface area (Å²) in [4.78, 5) is 20.3. The average Bonchev–Trinajstić information content (AvgIpc) is 3.33. The van der Waals surface area contributed by atoms with Gasteiger partial charge in [0.05, 0.1) is 17.1 Å². The Morgan fingerprint density at radius 2 is 1.96 bits per heavy atom. The summed E-state index contributed by atoms with van der Waals surface area (Å²) < 4.78 is 5.82. The maximum atomic E-state index is 12.9. The van der Waals surface area contributed by atoms with E-state index in [1.54, 1.807) is 16.2 Å². The van der Waals surface area contributed by atoms with Crippen LogP contribution in [0.5, 0.6) is 0 Å². The SMILES string of the molecule is Cc1oc(-c2cccs2)nc1CN1C(=O)c2cccc3cccc1c23. The number of carbonyl (C=O) groups is 1. The molecule has 0 saturated carbocycles. The molecule has 0 aliphatic carbocycles. The van der Waals surface area contributed by atoms with Gasteiger partial charge in [-0.3, -0.25) is 4.79 Å². The minimum Gasteiger partial charge on any atom is -0.440 e. The van der Waals surface area contributed by atoms with E-state index < -0.39 is 0 Å². The molecule has 0 radical (unpaired) electrons. The van der Waals surface area contributed by atoms with Crippen LogP contribution in [0.3, 0.4) is 0 Å². The normalized spacial score (nSPS) is 13.2. The van der Waals surface area contributed by atoms with Crippen LogP contribution >= 0.6 is 11.3 Å². The largest absolute Gasteiger partial charge is 0.440 e. The lowest BCUT2D eigenvalue weighted by Crippen LogP contribution is -2.26. The average molecular weight is 346 g/mol. The minimum atomic E-state index is 0.0203. The number of rotatable bonds is 3. The first-order valence-electron chi connectivity index (χ1n) is 8.06. The van der Waals surface area contributed by atoms with E-state index in [1.165, 1.54) is 0 Å². The topological polar surface area (TPSA) is 46.3 Å². The molecule has 0 N–H and O–H groups in total. The van der Waals surface area contributed by atoms with Crippen molar-refractivity contribution in [2.75, 3.05) is 4.90 Å². The van der Waals surface area contributed by atoms with E-state index >= 15 is 0 Å². The lowest BCUT2D eigenvalue weighted by Gasteiger charge is -2.16. The van der Waals surface area contributed by atoms with Crippen LogP contribution in [0.2, 0.25) is 0 Å². The van der Waals surface area contributed by atoms with E-state index in [4.69, 9.17) is 4.42 Å². The van der Waals surface area contributed by atoms with Crippen molar-refractivity contribution in [1.29, 1.82) is 0 Å². The van der Waals surface area contributed by atoms with Crippen LogP contribution in [-0.4, -0.2) is 10.9 Å². The Hall–Kier alpha value is -2.92. The second-order valence-corrected chi connectivity index (χ2v) is 7.02. The van der Waals surface area contributed by atoms with Crippen molar-refractivity contribution >= 4 is 33.7 Å². The van der Waals surface area contributed by atoms with Crippen molar-refractivity contribution in [3.05, 3.63) is 70.9 Å². The zero-order chi connectivity index (χ0) is 17.0. The number of anilines is 1. The smallest absolute Gasteiger partial charge is 0.259 e. The van der Waals surface area contributed by atoms with Gasteiger partial charge in [0, 0.05) is 10.9 Å². The highest BCUT2D eigenvalue weighted by atomic mass is 32.1. The number of carbonyl (C=O) groups excluding carboxylic acids is 1. The second kappa shape index (κ2) is 5.29. The van der Waals surface area contributed by atoms with E-state index in [-0.39, 0.29) is 5.91 Å². The van der Waals surface area contributed by atoms with Crippen molar-refractivity contribution in [2.24, 2.45) is 0 Å². The van der Waals surface area contributed by atoms with Crippen LogP contribution < -0.4 is 4.90 Å². The van der Waals surface area contributed by atoms with E-state index in [1.807, 2.05) is 60.8 Å². The van der Waals surface area contributed by atoms with Crippen molar-refractivity contribution in [3.8, 4) is 10.8 Å². The molecule has 3 heterocycles. The molecule has 1 amide bonds. The fourth-order valence-electron chi connectivity index (χ4n) is 3.37. The summed E-state index contributed by atoms with van der Waals surface area (Å²) >= 11 is 1.59. The molecule has 0 fully saturated rings. The van der Waals surface area contributed by atoms with Gasteiger partial charge in [0.15, 0.2) is 0 Å². The molecule has 1 aliphatic rings. The van der Waals surface area contributed by atoms with Crippen LogP contribution in [0.25, 0.3) is 21.5 Å². The Morgan fingerprint density at radius 3 is 2.76 bits per heavy atom. The van der Waals surface area contributed by atoms with Gasteiger partial charge >= 0.3 is 0 Å². The molecule has 5 heteroatoms. The van der Waals surface area contributed by atoms with E-state index in [9.17, 15) is 4.79 Å². The van der Waals surface area contributed by atoms with Crippen LogP contribution in [0.15, 0.2) is 58.3 Å². The predicted molar refractivity (Wildman–Crippen MR) is 99.0 cm³/mol. The fourth-order valence-corrected chi connectivity index (χ4v) is 4.02. The summed E-state index contributed by atoms with van der Waals surface area (Å²) in [6.45, 7) is 2.31. The molecule has 4 nitrogen and oxygen atoms in total. The summed E-state index contributed by atoms with van der Waals surface area (Å²) in [6.07, 6.45) is 0. The van der Waals surface area contributed by atoms with E-state index in [2.05, 4.69) is 4.98 Å². The van der Waals surface area contributed by atoms with Gasteiger partial charge in [-0.25, -0.2) is 4.98 Å². The number of nitrogens with zero attached hydrogens (tertiary/aromatic N) is 2. The Balaban J connectivity index is 1.56. The molecule has 1 aliphatic heterocycles. The molecule has 5 rings (SSSR count). The Bertz CT molecular complexity index is 1110. The summed E-state index contributed by atoms with van der Waals surface area (Å²) in [6, 6.07) is 15.8. The van der Waals surface area contributed by atoms with Crippen molar-refractivity contribution in [3.63, 3.8) is 0 Å². The third-order valence-electron chi connectivity index (χ3n) is 4.58. The molecule has 0 spiro atoms. The number of hydrogen-bond acceptors (Lipinski definition) is 4. The molecule has 0 bridgehead atoms. The molecule has 0 unspecified atom stereocenters. The van der Waals surface area contributed by atoms with Gasteiger partial charge < -0.3 is 9.32 Å². The third-order valence-corrected chi connectivity index (χ3v) is 5.44.